The summed E-state index contributed by atoms with van der Waals surface area (Å²) < 4.78 is 5.84. The van der Waals surface area contributed by atoms with Crippen LogP contribution in [0.15, 0.2) is 57.7 Å². The molecule has 4 rings (SSSR count). The highest BCUT2D eigenvalue weighted by Gasteiger charge is 2.28. The molecular formula is C24H30O2. The molecule has 0 radical (unpaired) electrons. The summed E-state index contributed by atoms with van der Waals surface area (Å²) in [4.78, 5) is 13.2. The lowest BCUT2D eigenvalue weighted by Crippen LogP contribution is -2.15. The molecule has 2 heteroatoms. The minimum Gasteiger partial charge on any atom is -0.458 e. The van der Waals surface area contributed by atoms with Crippen molar-refractivity contribution in [3.63, 3.8) is 0 Å². The standard InChI is InChI=1S/C24H30O2/c25-24(26-17-18-9-1-2-10-18)23(21-15-7-8-16-21)22(19-11-3-4-12-19)20-13-5-6-14-20/h9,11,13,15H,1-8,10,12,14,16-17H2. The number of hydrogen-bond donors (Lipinski definition) is 0. The van der Waals surface area contributed by atoms with Gasteiger partial charge in [-0.3, -0.25) is 0 Å². The van der Waals surface area contributed by atoms with Crippen LogP contribution in [0.25, 0.3) is 0 Å². The second kappa shape index (κ2) is 8.24. The van der Waals surface area contributed by atoms with Gasteiger partial charge >= 0.3 is 5.97 Å². The average Bonchev–Trinajstić information content (AvgIpc) is 3.44. The maximum absolute atomic E-state index is 13.2. The zero-order chi connectivity index (χ0) is 17.8. The van der Waals surface area contributed by atoms with Crippen molar-refractivity contribution in [1.82, 2.24) is 0 Å². The number of carbonyl (C=O) groups excluding carboxylic acids is 1. The Balaban J connectivity index is 1.69. The van der Waals surface area contributed by atoms with Crippen LogP contribution in [0.4, 0.5) is 0 Å². The van der Waals surface area contributed by atoms with Gasteiger partial charge in [0.05, 0.1) is 5.57 Å². The molecule has 0 bridgehead atoms. The van der Waals surface area contributed by atoms with Gasteiger partial charge < -0.3 is 4.74 Å². The number of rotatable bonds is 6. The van der Waals surface area contributed by atoms with Crippen LogP contribution in [0.5, 0.6) is 0 Å². The van der Waals surface area contributed by atoms with E-state index in [1.54, 1.807) is 0 Å². The molecule has 26 heavy (non-hydrogen) atoms. The summed E-state index contributed by atoms with van der Waals surface area (Å²) in [6, 6.07) is 0. The minimum atomic E-state index is -0.0958. The SMILES string of the molecule is O=C(OCC1=CCCC1)C(C1=CCCC1)=C(C1=CCCC1)C1=CCCC1. The van der Waals surface area contributed by atoms with E-state index in [0.29, 0.717) is 6.61 Å². The van der Waals surface area contributed by atoms with Gasteiger partial charge in [-0.25, -0.2) is 4.79 Å². The van der Waals surface area contributed by atoms with Gasteiger partial charge in [0.2, 0.25) is 0 Å². The number of carbonyl (C=O) groups is 1. The van der Waals surface area contributed by atoms with Gasteiger partial charge in [-0.05, 0) is 105 Å². The highest BCUT2D eigenvalue weighted by molar-refractivity contribution is 5.96. The Bertz CT molecular complexity index is 701. The maximum Gasteiger partial charge on any atom is 0.339 e. The molecule has 0 aromatic heterocycles. The first-order chi connectivity index (χ1) is 12.8. The first kappa shape index (κ1) is 17.6. The molecular weight excluding hydrogens is 320 g/mol. The smallest absolute Gasteiger partial charge is 0.339 e. The van der Waals surface area contributed by atoms with E-state index in [1.807, 2.05) is 0 Å². The van der Waals surface area contributed by atoms with E-state index in [4.69, 9.17) is 4.74 Å². The first-order valence-corrected chi connectivity index (χ1v) is 10.5. The van der Waals surface area contributed by atoms with Gasteiger partial charge in [0.25, 0.3) is 0 Å². The van der Waals surface area contributed by atoms with Gasteiger partial charge in [-0.2, -0.15) is 0 Å². The maximum atomic E-state index is 13.2. The normalized spacial score (nSPS) is 22.0. The van der Waals surface area contributed by atoms with E-state index in [2.05, 4.69) is 24.3 Å². The van der Waals surface area contributed by atoms with Crippen molar-refractivity contribution in [2.24, 2.45) is 0 Å². The molecule has 138 valence electrons. The summed E-state index contributed by atoms with van der Waals surface area (Å²) >= 11 is 0. The van der Waals surface area contributed by atoms with Crippen LogP contribution in [0, 0.1) is 0 Å². The fourth-order valence-corrected chi connectivity index (χ4v) is 4.71. The van der Waals surface area contributed by atoms with Crippen molar-refractivity contribution in [2.45, 2.75) is 77.0 Å². The Kier molecular flexibility index (Phi) is 5.57. The fourth-order valence-electron chi connectivity index (χ4n) is 4.71. The van der Waals surface area contributed by atoms with Crippen LogP contribution in [0.3, 0.4) is 0 Å². The Labute approximate surface area is 157 Å². The second-order valence-corrected chi connectivity index (χ2v) is 7.95. The first-order valence-electron chi connectivity index (χ1n) is 10.5. The summed E-state index contributed by atoms with van der Waals surface area (Å²) in [6.07, 6.45) is 22.8. The Morgan fingerprint density at radius 2 is 1.27 bits per heavy atom. The van der Waals surface area contributed by atoms with Crippen molar-refractivity contribution in [2.75, 3.05) is 6.61 Å². The van der Waals surface area contributed by atoms with Crippen LogP contribution in [-0.2, 0) is 9.53 Å². The molecule has 0 amide bonds. The summed E-state index contributed by atoms with van der Waals surface area (Å²) in [5.41, 5.74) is 7.42. The van der Waals surface area contributed by atoms with Gasteiger partial charge in [-0.15, -0.1) is 0 Å². The molecule has 0 atom stereocenters. The van der Waals surface area contributed by atoms with Gasteiger partial charge in [0, 0.05) is 0 Å². The van der Waals surface area contributed by atoms with Crippen molar-refractivity contribution >= 4 is 5.97 Å². The molecule has 4 aliphatic carbocycles. The highest BCUT2D eigenvalue weighted by Crippen LogP contribution is 2.40. The van der Waals surface area contributed by atoms with Crippen molar-refractivity contribution in [3.8, 4) is 0 Å². The Hall–Kier alpha value is -1.83. The zero-order valence-corrected chi connectivity index (χ0v) is 15.8. The van der Waals surface area contributed by atoms with Crippen molar-refractivity contribution in [1.29, 1.82) is 0 Å². The third-order valence-electron chi connectivity index (χ3n) is 6.06. The van der Waals surface area contributed by atoms with Crippen LogP contribution in [0.2, 0.25) is 0 Å². The topological polar surface area (TPSA) is 26.3 Å². The predicted molar refractivity (Wildman–Crippen MR) is 106 cm³/mol. The minimum absolute atomic E-state index is 0.0958. The van der Waals surface area contributed by atoms with E-state index in [-0.39, 0.29) is 5.97 Å². The lowest BCUT2D eigenvalue weighted by molar-refractivity contribution is -0.137. The van der Waals surface area contributed by atoms with E-state index in [9.17, 15) is 4.79 Å². The molecule has 0 aromatic rings. The molecule has 0 spiro atoms. The van der Waals surface area contributed by atoms with Crippen molar-refractivity contribution < 1.29 is 9.53 Å². The lowest BCUT2D eigenvalue weighted by atomic mass is 9.88. The third-order valence-corrected chi connectivity index (χ3v) is 6.06. The quantitative estimate of drug-likeness (QED) is 0.321. The largest absolute Gasteiger partial charge is 0.458 e. The predicted octanol–water partition coefficient (Wildman–Crippen LogP) is 6.27. The van der Waals surface area contributed by atoms with Crippen molar-refractivity contribution in [3.05, 3.63) is 57.7 Å². The molecule has 0 aliphatic heterocycles. The van der Waals surface area contributed by atoms with E-state index >= 15 is 0 Å². The molecule has 0 saturated carbocycles. The number of allylic oxidation sites excluding steroid dienone is 7. The molecule has 0 saturated heterocycles. The molecule has 0 unspecified atom stereocenters. The fraction of sp³-hybridized carbons (Fsp3) is 0.542. The van der Waals surface area contributed by atoms with Crippen LogP contribution < -0.4 is 0 Å². The Morgan fingerprint density at radius 3 is 1.77 bits per heavy atom. The van der Waals surface area contributed by atoms with E-state index in [1.165, 1.54) is 47.1 Å². The monoisotopic (exact) mass is 350 g/mol. The van der Waals surface area contributed by atoms with Gasteiger partial charge in [-0.1, -0.05) is 24.3 Å². The highest BCUT2D eigenvalue weighted by atomic mass is 16.5. The average molecular weight is 351 g/mol. The Morgan fingerprint density at radius 1 is 0.731 bits per heavy atom. The van der Waals surface area contributed by atoms with Crippen LogP contribution >= 0.6 is 0 Å². The summed E-state index contributed by atoms with van der Waals surface area (Å²) in [6.45, 7) is 0.473. The van der Waals surface area contributed by atoms with Crippen LogP contribution in [0.1, 0.15) is 77.0 Å². The summed E-state index contributed by atoms with van der Waals surface area (Å²) in [5.74, 6) is -0.0958. The molecule has 4 aliphatic rings. The van der Waals surface area contributed by atoms with Crippen LogP contribution in [-0.4, -0.2) is 12.6 Å². The molecule has 2 nitrogen and oxygen atoms in total. The van der Waals surface area contributed by atoms with Gasteiger partial charge in [0.15, 0.2) is 0 Å². The number of hydrogen-bond acceptors (Lipinski definition) is 2. The molecule has 0 N–H and O–H groups in total. The second-order valence-electron chi connectivity index (χ2n) is 7.95. The van der Waals surface area contributed by atoms with E-state index in [0.717, 1.165) is 63.4 Å². The van der Waals surface area contributed by atoms with E-state index < -0.39 is 0 Å². The lowest BCUT2D eigenvalue weighted by Gasteiger charge is -2.19. The summed E-state index contributed by atoms with van der Waals surface area (Å²) in [5, 5.41) is 0. The molecule has 0 aromatic carbocycles. The zero-order valence-electron chi connectivity index (χ0n) is 15.8. The molecule has 0 fully saturated rings. The number of esters is 1. The molecule has 0 heterocycles. The summed E-state index contributed by atoms with van der Waals surface area (Å²) in [7, 11) is 0. The number of ether oxygens (including phenoxy) is 1. The van der Waals surface area contributed by atoms with Gasteiger partial charge in [0.1, 0.15) is 6.61 Å². The third kappa shape index (κ3) is 3.79.